The van der Waals surface area contributed by atoms with Crippen LogP contribution in [0.4, 0.5) is 0 Å². The van der Waals surface area contributed by atoms with Crippen LogP contribution in [0.3, 0.4) is 0 Å². The van der Waals surface area contributed by atoms with E-state index in [0.717, 1.165) is 14.6 Å². The van der Waals surface area contributed by atoms with Crippen LogP contribution >= 0.6 is 15.9 Å². The zero-order chi connectivity index (χ0) is 14.1. The minimum Gasteiger partial charge on any atom is -0.437 e. The number of ether oxygens (including phenoxy) is 1. The van der Waals surface area contributed by atoms with Crippen molar-refractivity contribution in [3.8, 4) is 11.6 Å². The number of rotatable bonds is 3. The fourth-order valence-corrected chi connectivity index (χ4v) is 2.17. The number of halogens is 1. The normalized spacial score (nSPS) is 10.9. The van der Waals surface area contributed by atoms with E-state index in [2.05, 4.69) is 31.2 Å². The number of aromatic amines is 1. The molecule has 20 heavy (non-hydrogen) atoms. The van der Waals surface area contributed by atoms with Crippen LogP contribution in [-0.4, -0.2) is 19.8 Å². The second kappa shape index (κ2) is 5.06. The molecule has 0 aliphatic carbocycles. The van der Waals surface area contributed by atoms with Crippen LogP contribution in [0, 0.1) is 0 Å². The molecule has 7 nitrogen and oxygen atoms in total. The molecule has 0 saturated heterocycles. The van der Waals surface area contributed by atoms with Gasteiger partial charge in [-0.2, -0.15) is 9.61 Å². The van der Waals surface area contributed by atoms with E-state index in [4.69, 9.17) is 10.5 Å². The van der Waals surface area contributed by atoms with E-state index < -0.39 is 5.69 Å². The van der Waals surface area contributed by atoms with Crippen molar-refractivity contribution in [2.24, 2.45) is 5.73 Å². The molecule has 102 valence electrons. The highest BCUT2D eigenvalue weighted by Crippen LogP contribution is 2.26. The SMILES string of the molecule is NCc1cc(Br)ccc1Oc1ccc2n[nH]c(=O)n2n1. The zero-order valence-electron chi connectivity index (χ0n) is 10.2. The summed E-state index contributed by atoms with van der Waals surface area (Å²) in [5.74, 6) is 0.886. The van der Waals surface area contributed by atoms with Crippen molar-refractivity contribution in [2.75, 3.05) is 0 Å². The molecule has 0 bridgehead atoms. The Labute approximate surface area is 121 Å². The van der Waals surface area contributed by atoms with Crippen LogP contribution < -0.4 is 16.2 Å². The summed E-state index contributed by atoms with van der Waals surface area (Å²) in [6, 6.07) is 8.78. The summed E-state index contributed by atoms with van der Waals surface area (Å²) >= 11 is 3.37. The maximum Gasteiger partial charge on any atom is 0.364 e. The van der Waals surface area contributed by atoms with E-state index in [-0.39, 0.29) is 5.88 Å². The highest BCUT2D eigenvalue weighted by molar-refractivity contribution is 9.10. The van der Waals surface area contributed by atoms with Crippen molar-refractivity contribution in [3.63, 3.8) is 0 Å². The predicted octanol–water partition coefficient (Wildman–Crippen LogP) is 1.43. The van der Waals surface area contributed by atoms with Crippen LogP contribution in [0.15, 0.2) is 39.6 Å². The number of hydrogen-bond donors (Lipinski definition) is 2. The first-order valence-electron chi connectivity index (χ1n) is 5.78. The first-order valence-corrected chi connectivity index (χ1v) is 6.57. The van der Waals surface area contributed by atoms with Crippen molar-refractivity contribution in [3.05, 3.63) is 50.9 Å². The third-order valence-electron chi connectivity index (χ3n) is 2.71. The van der Waals surface area contributed by atoms with Gasteiger partial charge in [0.05, 0.1) is 0 Å². The quantitative estimate of drug-likeness (QED) is 0.754. The first kappa shape index (κ1) is 12.8. The molecule has 1 aromatic carbocycles. The van der Waals surface area contributed by atoms with Crippen molar-refractivity contribution < 1.29 is 4.74 Å². The van der Waals surface area contributed by atoms with Gasteiger partial charge in [-0.25, -0.2) is 9.89 Å². The number of benzene rings is 1. The Balaban J connectivity index is 2.00. The van der Waals surface area contributed by atoms with Gasteiger partial charge in [-0.15, -0.1) is 5.10 Å². The third-order valence-corrected chi connectivity index (χ3v) is 3.20. The molecule has 8 heteroatoms. The minimum absolute atomic E-state index is 0.290. The molecule has 0 unspecified atom stereocenters. The average molecular weight is 336 g/mol. The molecule has 2 aromatic heterocycles. The number of nitrogens with zero attached hydrogens (tertiary/aromatic N) is 3. The Hall–Kier alpha value is -2.19. The smallest absolute Gasteiger partial charge is 0.364 e. The molecule has 3 aromatic rings. The summed E-state index contributed by atoms with van der Waals surface area (Å²) in [6.07, 6.45) is 0. The van der Waals surface area contributed by atoms with Gasteiger partial charge in [0.15, 0.2) is 5.65 Å². The Morgan fingerprint density at radius 2 is 2.20 bits per heavy atom. The minimum atomic E-state index is -0.416. The Morgan fingerprint density at radius 1 is 1.35 bits per heavy atom. The molecule has 0 aliphatic heterocycles. The summed E-state index contributed by atoms with van der Waals surface area (Å²) < 4.78 is 7.73. The highest BCUT2D eigenvalue weighted by atomic mass is 79.9. The van der Waals surface area contributed by atoms with Crippen molar-refractivity contribution in [1.82, 2.24) is 19.8 Å². The topological polar surface area (TPSA) is 98.3 Å². The Morgan fingerprint density at radius 3 is 3.00 bits per heavy atom. The molecule has 0 saturated carbocycles. The molecule has 0 aliphatic rings. The lowest BCUT2D eigenvalue weighted by atomic mass is 10.2. The lowest BCUT2D eigenvalue weighted by Gasteiger charge is -2.09. The zero-order valence-corrected chi connectivity index (χ0v) is 11.8. The maximum atomic E-state index is 11.5. The van der Waals surface area contributed by atoms with Gasteiger partial charge >= 0.3 is 5.69 Å². The molecule has 0 spiro atoms. The fourth-order valence-electron chi connectivity index (χ4n) is 1.76. The number of hydrogen-bond acceptors (Lipinski definition) is 5. The van der Waals surface area contributed by atoms with E-state index in [0.29, 0.717) is 17.9 Å². The van der Waals surface area contributed by atoms with Gasteiger partial charge in [0, 0.05) is 22.6 Å². The van der Waals surface area contributed by atoms with Crippen molar-refractivity contribution in [2.45, 2.75) is 6.54 Å². The van der Waals surface area contributed by atoms with Crippen LogP contribution in [0.2, 0.25) is 0 Å². The van der Waals surface area contributed by atoms with Crippen molar-refractivity contribution >= 4 is 21.6 Å². The summed E-state index contributed by atoms with van der Waals surface area (Å²) in [5.41, 5.74) is 6.53. The molecule has 3 rings (SSSR count). The molecular weight excluding hydrogens is 326 g/mol. The van der Waals surface area contributed by atoms with E-state index in [1.807, 2.05) is 12.1 Å². The standard InChI is InChI=1S/C12H10BrN5O2/c13-8-1-2-9(7(5-8)6-14)20-11-4-3-10-15-16-12(19)18(10)17-11/h1-5H,6,14H2,(H,16,19). The van der Waals surface area contributed by atoms with Crippen LogP contribution in [0.25, 0.3) is 5.65 Å². The summed E-state index contributed by atoms with van der Waals surface area (Å²) in [5, 5.41) is 10.2. The molecule has 0 fully saturated rings. The number of nitrogens with two attached hydrogens (primary N) is 1. The molecule has 0 radical (unpaired) electrons. The summed E-state index contributed by atoms with van der Waals surface area (Å²) in [6.45, 7) is 0.336. The number of nitrogens with one attached hydrogen (secondary N) is 1. The van der Waals surface area contributed by atoms with E-state index in [9.17, 15) is 4.79 Å². The molecule has 3 N–H and O–H groups in total. The van der Waals surface area contributed by atoms with Crippen LogP contribution in [0.1, 0.15) is 5.56 Å². The Bertz CT molecular complexity index is 826. The second-order valence-electron chi connectivity index (χ2n) is 4.03. The van der Waals surface area contributed by atoms with E-state index in [1.54, 1.807) is 18.2 Å². The van der Waals surface area contributed by atoms with Gasteiger partial charge in [0.1, 0.15) is 5.75 Å². The summed E-state index contributed by atoms with van der Waals surface area (Å²) in [7, 11) is 0. The predicted molar refractivity (Wildman–Crippen MR) is 75.7 cm³/mol. The third kappa shape index (κ3) is 2.30. The maximum absolute atomic E-state index is 11.5. The number of fused-ring (bicyclic) bond motifs is 1. The van der Waals surface area contributed by atoms with E-state index in [1.165, 1.54) is 0 Å². The van der Waals surface area contributed by atoms with Gasteiger partial charge in [-0.1, -0.05) is 15.9 Å². The monoisotopic (exact) mass is 335 g/mol. The number of H-pyrrole nitrogens is 1. The molecule has 0 amide bonds. The average Bonchev–Trinajstić information content (AvgIpc) is 2.82. The molecule has 0 atom stereocenters. The molecule has 2 heterocycles. The largest absolute Gasteiger partial charge is 0.437 e. The van der Waals surface area contributed by atoms with Gasteiger partial charge in [0.2, 0.25) is 5.88 Å². The van der Waals surface area contributed by atoms with Crippen LogP contribution in [-0.2, 0) is 6.54 Å². The van der Waals surface area contributed by atoms with Gasteiger partial charge < -0.3 is 10.5 Å². The van der Waals surface area contributed by atoms with E-state index >= 15 is 0 Å². The first-order chi connectivity index (χ1) is 9.67. The lowest BCUT2D eigenvalue weighted by Crippen LogP contribution is -2.12. The highest BCUT2D eigenvalue weighted by Gasteiger charge is 2.08. The van der Waals surface area contributed by atoms with Gasteiger partial charge in [-0.05, 0) is 24.3 Å². The lowest BCUT2D eigenvalue weighted by molar-refractivity contribution is 0.446. The Kier molecular flexibility index (Phi) is 3.25. The fraction of sp³-hybridized carbons (Fsp3) is 0.0833. The van der Waals surface area contributed by atoms with Gasteiger partial charge in [-0.3, -0.25) is 0 Å². The summed E-state index contributed by atoms with van der Waals surface area (Å²) in [4.78, 5) is 11.5. The molecular formula is C12H10BrN5O2. The van der Waals surface area contributed by atoms with Gasteiger partial charge in [0.25, 0.3) is 0 Å². The van der Waals surface area contributed by atoms with Crippen molar-refractivity contribution in [1.29, 1.82) is 0 Å². The number of aromatic nitrogens is 4. The second-order valence-corrected chi connectivity index (χ2v) is 4.94. The van der Waals surface area contributed by atoms with Crippen LogP contribution in [0.5, 0.6) is 11.6 Å².